The second-order valence-corrected chi connectivity index (χ2v) is 3.88. The lowest BCUT2D eigenvalue weighted by molar-refractivity contribution is -0.128. The van der Waals surface area contributed by atoms with E-state index in [4.69, 9.17) is 10.5 Å². The summed E-state index contributed by atoms with van der Waals surface area (Å²) in [5.74, 6) is 0.686. The van der Waals surface area contributed by atoms with Gasteiger partial charge in [-0.3, -0.25) is 4.79 Å². The van der Waals surface area contributed by atoms with Gasteiger partial charge in [-0.15, -0.1) is 0 Å². The highest BCUT2D eigenvalue weighted by Gasteiger charge is 2.09. The Balaban J connectivity index is 2.61. The highest BCUT2D eigenvalue weighted by Crippen LogP contribution is 2.24. The van der Waals surface area contributed by atoms with Crippen LogP contribution < -0.4 is 15.8 Å². The summed E-state index contributed by atoms with van der Waals surface area (Å²) >= 11 is 0. The Morgan fingerprint density at radius 2 is 2.06 bits per heavy atom. The highest BCUT2D eigenvalue weighted by molar-refractivity contribution is 5.81. The average molecular weight is 251 g/mol. The molecule has 18 heavy (non-hydrogen) atoms. The minimum Gasteiger partial charge on any atom is -0.495 e. The Morgan fingerprint density at radius 3 is 2.61 bits per heavy atom. The number of carbonyl (C=O) groups is 1. The number of hydrogen-bond donors (Lipinski definition) is 2. The van der Waals surface area contributed by atoms with E-state index in [0.29, 0.717) is 11.4 Å². The summed E-state index contributed by atoms with van der Waals surface area (Å²) < 4.78 is 5.12. The molecule has 0 bridgehead atoms. The molecule has 0 aliphatic carbocycles. The van der Waals surface area contributed by atoms with Crippen LogP contribution in [0.3, 0.4) is 0 Å². The fourth-order valence-corrected chi connectivity index (χ4v) is 1.69. The third kappa shape index (κ3) is 3.55. The van der Waals surface area contributed by atoms with Crippen molar-refractivity contribution in [1.29, 1.82) is 0 Å². The van der Waals surface area contributed by atoms with Crippen LogP contribution in [0.5, 0.6) is 5.75 Å². The molecule has 1 aromatic rings. The van der Waals surface area contributed by atoms with Gasteiger partial charge in [-0.1, -0.05) is 0 Å². The van der Waals surface area contributed by atoms with E-state index in [-0.39, 0.29) is 12.5 Å². The van der Waals surface area contributed by atoms with E-state index >= 15 is 0 Å². The molecule has 0 unspecified atom stereocenters. The molecule has 0 atom stereocenters. The van der Waals surface area contributed by atoms with Gasteiger partial charge in [-0.05, 0) is 26.0 Å². The van der Waals surface area contributed by atoms with Gasteiger partial charge < -0.3 is 20.7 Å². The summed E-state index contributed by atoms with van der Waals surface area (Å²) in [5.41, 5.74) is 7.12. The first-order valence-electron chi connectivity index (χ1n) is 6.07. The maximum absolute atomic E-state index is 11.8. The van der Waals surface area contributed by atoms with Crippen LogP contribution in [0, 0.1) is 0 Å². The van der Waals surface area contributed by atoms with Crippen LogP contribution in [-0.2, 0) is 4.79 Å². The molecular formula is C13H21N3O2. The van der Waals surface area contributed by atoms with Gasteiger partial charge in [0, 0.05) is 24.8 Å². The smallest absolute Gasteiger partial charge is 0.241 e. The molecule has 0 radical (unpaired) electrons. The summed E-state index contributed by atoms with van der Waals surface area (Å²) in [6, 6.07) is 5.36. The quantitative estimate of drug-likeness (QED) is 0.753. The first-order valence-corrected chi connectivity index (χ1v) is 6.07. The van der Waals surface area contributed by atoms with Crippen molar-refractivity contribution in [1.82, 2.24) is 4.90 Å². The summed E-state index contributed by atoms with van der Waals surface area (Å²) in [4.78, 5) is 13.6. The molecular weight excluding hydrogens is 230 g/mol. The number of anilines is 2. The fourth-order valence-electron chi connectivity index (χ4n) is 1.69. The highest BCUT2D eigenvalue weighted by atomic mass is 16.5. The summed E-state index contributed by atoms with van der Waals surface area (Å²) in [5, 5.41) is 3.07. The van der Waals surface area contributed by atoms with E-state index in [9.17, 15) is 4.79 Å². The zero-order chi connectivity index (χ0) is 13.5. The number of nitrogens with one attached hydrogen (secondary N) is 1. The number of nitrogens with zero attached hydrogens (tertiary/aromatic N) is 1. The maximum Gasteiger partial charge on any atom is 0.241 e. The van der Waals surface area contributed by atoms with Crippen LogP contribution in [-0.4, -0.2) is 37.6 Å². The zero-order valence-corrected chi connectivity index (χ0v) is 11.2. The van der Waals surface area contributed by atoms with Crippen LogP contribution in [0.1, 0.15) is 13.8 Å². The molecule has 0 saturated carbocycles. The van der Waals surface area contributed by atoms with Crippen LogP contribution >= 0.6 is 0 Å². The molecule has 0 spiro atoms. The van der Waals surface area contributed by atoms with Gasteiger partial charge in [-0.25, -0.2) is 0 Å². The molecule has 0 heterocycles. The van der Waals surface area contributed by atoms with E-state index in [0.717, 1.165) is 18.8 Å². The molecule has 0 aromatic heterocycles. The topological polar surface area (TPSA) is 67.6 Å². The van der Waals surface area contributed by atoms with E-state index in [1.165, 1.54) is 0 Å². The van der Waals surface area contributed by atoms with Gasteiger partial charge in [0.1, 0.15) is 5.75 Å². The van der Waals surface area contributed by atoms with Crippen LogP contribution in [0.25, 0.3) is 0 Å². The normalized spacial score (nSPS) is 9.94. The number of nitrogens with two attached hydrogens (primary N) is 1. The van der Waals surface area contributed by atoms with Crippen molar-refractivity contribution in [2.24, 2.45) is 0 Å². The first kappa shape index (κ1) is 14.2. The largest absolute Gasteiger partial charge is 0.495 e. The van der Waals surface area contributed by atoms with E-state index < -0.39 is 0 Å². The van der Waals surface area contributed by atoms with Crippen LogP contribution in [0.4, 0.5) is 11.4 Å². The Kier molecular flexibility index (Phi) is 5.30. The Bertz CT molecular complexity index is 403. The van der Waals surface area contributed by atoms with E-state index in [2.05, 4.69) is 5.32 Å². The number of nitrogen functional groups attached to an aromatic ring is 1. The van der Waals surface area contributed by atoms with Gasteiger partial charge in [0.15, 0.2) is 0 Å². The number of ether oxygens (including phenoxy) is 1. The second kappa shape index (κ2) is 6.74. The Hall–Kier alpha value is -1.91. The number of amides is 1. The van der Waals surface area contributed by atoms with Crippen LogP contribution in [0.15, 0.2) is 18.2 Å². The molecule has 5 nitrogen and oxygen atoms in total. The molecule has 0 aliphatic heterocycles. The van der Waals surface area contributed by atoms with Gasteiger partial charge in [0.05, 0.1) is 19.3 Å². The Labute approximate surface area is 108 Å². The van der Waals surface area contributed by atoms with Crippen molar-refractivity contribution >= 4 is 17.3 Å². The predicted octanol–water partition coefficient (Wildman–Crippen LogP) is 1.56. The van der Waals surface area contributed by atoms with Gasteiger partial charge >= 0.3 is 0 Å². The van der Waals surface area contributed by atoms with Gasteiger partial charge in [0.2, 0.25) is 5.91 Å². The molecule has 1 rings (SSSR count). The van der Waals surface area contributed by atoms with Crippen molar-refractivity contribution in [3.05, 3.63) is 18.2 Å². The number of likely N-dealkylation sites (N-methyl/N-ethyl adjacent to an activating group) is 1. The minimum atomic E-state index is 0.0794. The van der Waals surface area contributed by atoms with E-state index in [1.807, 2.05) is 19.9 Å². The zero-order valence-electron chi connectivity index (χ0n) is 11.2. The molecule has 100 valence electrons. The number of hydrogen-bond acceptors (Lipinski definition) is 4. The third-order valence-electron chi connectivity index (χ3n) is 2.79. The lowest BCUT2D eigenvalue weighted by atomic mass is 10.2. The summed E-state index contributed by atoms with van der Waals surface area (Å²) in [6.45, 7) is 5.65. The van der Waals surface area contributed by atoms with Crippen LogP contribution in [0.2, 0.25) is 0 Å². The molecule has 0 aliphatic rings. The molecule has 3 N–H and O–H groups in total. The standard InChI is InChI=1S/C13H21N3O2/c1-4-16(5-2)13(17)9-15-10-6-7-11(14)12(8-10)18-3/h6-8,15H,4-5,9,14H2,1-3H3. The SMILES string of the molecule is CCN(CC)C(=O)CNc1ccc(N)c(OC)c1. The van der Waals surface area contributed by atoms with Gasteiger partial charge in [0.25, 0.3) is 0 Å². The maximum atomic E-state index is 11.8. The van der Waals surface area contributed by atoms with Crippen molar-refractivity contribution < 1.29 is 9.53 Å². The summed E-state index contributed by atoms with van der Waals surface area (Å²) in [6.07, 6.45) is 0. The van der Waals surface area contributed by atoms with Crippen molar-refractivity contribution in [3.63, 3.8) is 0 Å². The number of benzene rings is 1. The average Bonchev–Trinajstić information content (AvgIpc) is 2.39. The van der Waals surface area contributed by atoms with Crippen molar-refractivity contribution in [3.8, 4) is 5.75 Å². The van der Waals surface area contributed by atoms with Gasteiger partial charge in [-0.2, -0.15) is 0 Å². The lowest BCUT2D eigenvalue weighted by Gasteiger charge is -2.19. The number of carbonyl (C=O) groups excluding carboxylic acids is 1. The predicted molar refractivity (Wildman–Crippen MR) is 73.8 cm³/mol. The summed E-state index contributed by atoms with van der Waals surface area (Å²) in [7, 11) is 1.57. The number of rotatable bonds is 6. The minimum absolute atomic E-state index is 0.0794. The van der Waals surface area contributed by atoms with Crippen molar-refractivity contribution in [2.45, 2.75) is 13.8 Å². The van der Waals surface area contributed by atoms with E-state index in [1.54, 1.807) is 24.1 Å². The Morgan fingerprint density at radius 1 is 1.39 bits per heavy atom. The third-order valence-corrected chi connectivity index (χ3v) is 2.79. The molecule has 1 amide bonds. The molecule has 5 heteroatoms. The molecule has 0 fully saturated rings. The first-order chi connectivity index (χ1) is 8.62. The molecule has 1 aromatic carbocycles. The fraction of sp³-hybridized carbons (Fsp3) is 0.462. The number of methoxy groups -OCH3 is 1. The lowest BCUT2D eigenvalue weighted by Crippen LogP contribution is -2.35. The second-order valence-electron chi connectivity index (χ2n) is 3.88. The van der Waals surface area contributed by atoms with Crippen molar-refractivity contribution in [2.75, 3.05) is 37.8 Å². The molecule has 0 saturated heterocycles. The monoisotopic (exact) mass is 251 g/mol.